The molecule has 0 aromatic carbocycles. The van der Waals surface area contributed by atoms with Gasteiger partial charge < -0.3 is 4.90 Å². The first-order valence-electron chi connectivity index (χ1n) is 8.32. The molecule has 2 rings (SSSR count). The van der Waals surface area contributed by atoms with Gasteiger partial charge in [-0.05, 0) is 56.9 Å². The first-order valence-corrected chi connectivity index (χ1v) is 8.32. The summed E-state index contributed by atoms with van der Waals surface area (Å²) in [6.45, 7) is 13.9. The Bertz CT molecular complexity index is 184. The highest BCUT2D eigenvalue weighted by molar-refractivity contribution is 4.97. The minimum absolute atomic E-state index is 0.816. The van der Waals surface area contributed by atoms with E-state index in [9.17, 15) is 0 Å². The Balaban J connectivity index is 0.000000659. The van der Waals surface area contributed by atoms with Gasteiger partial charge in [0.2, 0.25) is 0 Å². The van der Waals surface area contributed by atoms with Gasteiger partial charge in [0.25, 0.3) is 0 Å². The SMILES string of the molecule is CC.CC.CC(C)CN(C)C1CCC2(CC1)CC2. The van der Waals surface area contributed by atoms with E-state index in [-0.39, 0.29) is 0 Å². The zero-order valence-electron chi connectivity index (χ0n) is 14.1. The van der Waals surface area contributed by atoms with Crippen molar-refractivity contribution in [1.29, 1.82) is 0 Å². The Morgan fingerprint density at radius 2 is 1.39 bits per heavy atom. The van der Waals surface area contributed by atoms with E-state index < -0.39 is 0 Å². The van der Waals surface area contributed by atoms with Crippen molar-refractivity contribution in [2.24, 2.45) is 11.3 Å². The van der Waals surface area contributed by atoms with E-state index in [2.05, 4.69) is 25.8 Å². The van der Waals surface area contributed by atoms with Crippen LogP contribution in [0.25, 0.3) is 0 Å². The Morgan fingerprint density at radius 3 is 1.72 bits per heavy atom. The molecule has 0 heterocycles. The summed E-state index contributed by atoms with van der Waals surface area (Å²) in [4.78, 5) is 2.60. The van der Waals surface area contributed by atoms with Crippen LogP contribution in [0, 0.1) is 11.3 Å². The zero-order valence-corrected chi connectivity index (χ0v) is 14.1. The number of rotatable bonds is 3. The number of hydrogen-bond acceptors (Lipinski definition) is 1. The van der Waals surface area contributed by atoms with Crippen LogP contribution in [0.3, 0.4) is 0 Å². The van der Waals surface area contributed by atoms with Gasteiger partial charge in [-0.3, -0.25) is 0 Å². The van der Waals surface area contributed by atoms with Gasteiger partial charge in [-0.15, -0.1) is 0 Å². The highest BCUT2D eigenvalue weighted by Gasteiger charge is 2.45. The standard InChI is InChI=1S/C13H25N.2C2H6/c1-11(2)10-14(3)12-4-6-13(7-5-12)8-9-13;2*1-2/h11-12H,4-10H2,1-3H3;2*1-2H3. The van der Waals surface area contributed by atoms with Crippen LogP contribution in [0.5, 0.6) is 0 Å². The van der Waals surface area contributed by atoms with Gasteiger partial charge >= 0.3 is 0 Å². The predicted octanol–water partition coefficient (Wildman–Crippen LogP) is 5.35. The van der Waals surface area contributed by atoms with Crippen LogP contribution in [0.15, 0.2) is 0 Å². The molecule has 0 saturated heterocycles. The molecule has 110 valence electrons. The summed E-state index contributed by atoms with van der Waals surface area (Å²) in [6, 6.07) is 0.892. The normalized spacial score (nSPS) is 21.2. The van der Waals surface area contributed by atoms with Crippen molar-refractivity contribution in [3.8, 4) is 0 Å². The molecule has 0 bridgehead atoms. The van der Waals surface area contributed by atoms with Gasteiger partial charge in [0, 0.05) is 12.6 Å². The smallest absolute Gasteiger partial charge is 0.00927 e. The number of nitrogens with zero attached hydrogens (tertiary/aromatic N) is 1. The van der Waals surface area contributed by atoms with Gasteiger partial charge in [0.05, 0.1) is 0 Å². The molecule has 2 fully saturated rings. The molecule has 1 nitrogen and oxygen atoms in total. The quantitative estimate of drug-likeness (QED) is 0.657. The lowest BCUT2D eigenvalue weighted by Crippen LogP contribution is -2.37. The molecule has 2 aliphatic rings. The molecular formula is C17H37N. The van der Waals surface area contributed by atoms with Gasteiger partial charge in [-0.25, -0.2) is 0 Å². The molecule has 0 unspecified atom stereocenters. The van der Waals surface area contributed by atoms with Crippen molar-refractivity contribution in [2.75, 3.05) is 13.6 Å². The van der Waals surface area contributed by atoms with Gasteiger partial charge in [-0.1, -0.05) is 41.5 Å². The molecule has 0 aromatic heterocycles. The molecule has 0 aliphatic heterocycles. The average molecular weight is 255 g/mol. The molecule has 0 amide bonds. The van der Waals surface area contributed by atoms with Crippen LogP contribution >= 0.6 is 0 Å². The molecule has 2 saturated carbocycles. The second kappa shape index (κ2) is 8.96. The highest BCUT2D eigenvalue weighted by Crippen LogP contribution is 2.56. The molecule has 0 atom stereocenters. The van der Waals surface area contributed by atoms with Crippen LogP contribution in [-0.4, -0.2) is 24.5 Å². The van der Waals surface area contributed by atoms with Gasteiger partial charge in [0.15, 0.2) is 0 Å². The first-order chi connectivity index (χ1) is 8.61. The molecule has 0 N–H and O–H groups in total. The lowest BCUT2D eigenvalue weighted by Gasteiger charge is -2.35. The summed E-state index contributed by atoms with van der Waals surface area (Å²) in [5.74, 6) is 0.816. The summed E-state index contributed by atoms with van der Waals surface area (Å²) in [5, 5.41) is 0. The molecule has 0 aromatic rings. The lowest BCUT2D eigenvalue weighted by atomic mass is 9.83. The zero-order chi connectivity index (χ0) is 14.2. The van der Waals surface area contributed by atoms with Gasteiger partial charge in [0.1, 0.15) is 0 Å². The van der Waals surface area contributed by atoms with Crippen LogP contribution in [0.1, 0.15) is 80.1 Å². The first kappa shape index (κ1) is 18.0. The van der Waals surface area contributed by atoms with Crippen LogP contribution in [0.4, 0.5) is 0 Å². The summed E-state index contributed by atoms with van der Waals surface area (Å²) < 4.78 is 0. The summed E-state index contributed by atoms with van der Waals surface area (Å²) in [5.41, 5.74) is 0.856. The molecule has 1 heteroatoms. The minimum atomic E-state index is 0.816. The average Bonchev–Trinajstić information content (AvgIpc) is 3.14. The fraction of sp³-hybridized carbons (Fsp3) is 1.00. The van der Waals surface area contributed by atoms with Crippen LogP contribution in [-0.2, 0) is 0 Å². The predicted molar refractivity (Wildman–Crippen MR) is 84.1 cm³/mol. The van der Waals surface area contributed by atoms with Crippen molar-refractivity contribution in [3.05, 3.63) is 0 Å². The van der Waals surface area contributed by atoms with Gasteiger partial charge in [-0.2, -0.15) is 0 Å². The Labute approximate surface area is 116 Å². The molecule has 18 heavy (non-hydrogen) atoms. The Hall–Kier alpha value is -0.0400. The van der Waals surface area contributed by atoms with E-state index in [1.165, 1.54) is 45.1 Å². The second-order valence-electron chi connectivity index (χ2n) is 6.06. The third kappa shape index (κ3) is 5.73. The van der Waals surface area contributed by atoms with E-state index in [0.29, 0.717) is 0 Å². The van der Waals surface area contributed by atoms with Crippen molar-refractivity contribution < 1.29 is 0 Å². The van der Waals surface area contributed by atoms with Crippen LogP contribution in [0.2, 0.25) is 0 Å². The maximum atomic E-state index is 2.60. The van der Waals surface area contributed by atoms with Crippen molar-refractivity contribution in [3.63, 3.8) is 0 Å². The fourth-order valence-electron chi connectivity index (χ4n) is 3.06. The topological polar surface area (TPSA) is 3.24 Å². The Kier molecular flexibility index (Phi) is 8.94. The third-order valence-corrected chi connectivity index (χ3v) is 4.25. The lowest BCUT2D eigenvalue weighted by molar-refractivity contribution is 0.145. The Morgan fingerprint density at radius 1 is 0.944 bits per heavy atom. The minimum Gasteiger partial charge on any atom is -0.303 e. The maximum absolute atomic E-state index is 2.60. The van der Waals surface area contributed by atoms with Crippen LogP contribution < -0.4 is 0 Å². The van der Waals surface area contributed by atoms with Crippen molar-refractivity contribution >= 4 is 0 Å². The summed E-state index contributed by atoms with van der Waals surface area (Å²) >= 11 is 0. The summed E-state index contributed by atoms with van der Waals surface area (Å²) in [7, 11) is 2.32. The van der Waals surface area contributed by atoms with E-state index in [1.54, 1.807) is 0 Å². The van der Waals surface area contributed by atoms with Crippen molar-refractivity contribution in [2.45, 2.75) is 86.1 Å². The highest BCUT2D eigenvalue weighted by atomic mass is 15.1. The van der Waals surface area contributed by atoms with E-state index in [1.807, 2.05) is 27.7 Å². The molecule has 0 radical (unpaired) electrons. The van der Waals surface area contributed by atoms with E-state index in [4.69, 9.17) is 0 Å². The molecule has 2 aliphatic carbocycles. The second-order valence-corrected chi connectivity index (χ2v) is 6.06. The van der Waals surface area contributed by atoms with Crippen molar-refractivity contribution in [1.82, 2.24) is 4.90 Å². The molecular weight excluding hydrogens is 218 g/mol. The monoisotopic (exact) mass is 255 g/mol. The fourth-order valence-corrected chi connectivity index (χ4v) is 3.06. The summed E-state index contributed by atoms with van der Waals surface area (Å²) in [6.07, 6.45) is 9.02. The molecule has 1 spiro atoms. The third-order valence-electron chi connectivity index (χ3n) is 4.25. The maximum Gasteiger partial charge on any atom is 0.00927 e. The number of hydrogen-bond donors (Lipinski definition) is 0. The largest absolute Gasteiger partial charge is 0.303 e. The van der Waals surface area contributed by atoms with E-state index >= 15 is 0 Å². The van der Waals surface area contributed by atoms with E-state index in [0.717, 1.165) is 17.4 Å².